The van der Waals surface area contributed by atoms with Crippen LogP contribution in [-0.2, 0) is 6.54 Å². The highest BCUT2D eigenvalue weighted by Crippen LogP contribution is 2.31. The van der Waals surface area contributed by atoms with Crippen LogP contribution in [0.4, 0.5) is 0 Å². The Labute approximate surface area is 243 Å². The molecule has 7 heteroatoms. The number of benzene rings is 4. The number of nitrogens with zero attached hydrogens (tertiary/aromatic N) is 3. The summed E-state index contributed by atoms with van der Waals surface area (Å²) in [7, 11) is 0. The predicted octanol–water partition coefficient (Wildman–Crippen LogP) is 7.32. The second-order valence-corrected chi connectivity index (χ2v) is 10.0. The average molecular weight is 558 g/mol. The maximum Gasteiger partial charge on any atom is 0.266 e. The number of rotatable bonds is 9. The molecule has 0 spiro atoms. The standard InChI is InChI=1S/C35H31N3O4/c1-3-32(37(23-27-13-10-22-42-27)34(39)29-16-9-12-24-11-5-6-14-28(24)29)33-36-31-17-8-7-15-30(31)35(40)38(33)25-18-20-26(21-19-25)41-4-2/h5-22,32H,3-4,23H2,1-2H3. The monoisotopic (exact) mass is 557 g/mol. The number of carbonyl (C=O) groups excluding carboxylic acids is 1. The zero-order valence-corrected chi connectivity index (χ0v) is 23.6. The van der Waals surface area contributed by atoms with Gasteiger partial charge in [0.2, 0.25) is 0 Å². The molecule has 1 atom stereocenters. The molecule has 0 aliphatic heterocycles. The number of aromatic nitrogens is 2. The summed E-state index contributed by atoms with van der Waals surface area (Å²) in [6, 6.07) is 31.4. The second kappa shape index (κ2) is 11.7. The van der Waals surface area contributed by atoms with Gasteiger partial charge >= 0.3 is 0 Å². The Morgan fingerprint density at radius 3 is 2.36 bits per heavy atom. The first-order chi connectivity index (χ1) is 20.6. The minimum atomic E-state index is -0.551. The molecule has 6 rings (SSSR count). The van der Waals surface area contributed by atoms with Crippen molar-refractivity contribution in [3.63, 3.8) is 0 Å². The Morgan fingerprint density at radius 2 is 1.62 bits per heavy atom. The molecule has 0 fully saturated rings. The van der Waals surface area contributed by atoms with Crippen LogP contribution in [0, 0.1) is 0 Å². The molecule has 0 radical (unpaired) electrons. The number of ether oxygens (including phenoxy) is 1. The van der Waals surface area contributed by atoms with E-state index in [0.717, 1.165) is 10.8 Å². The fourth-order valence-electron chi connectivity index (χ4n) is 5.48. The smallest absolute Gasteiger partial charge is 0.266 e. The van der Waals surface area contributed by atoms with E-state index in [1.165, 1.54) is 0 Å². The lowest BCUT2D eigenvalue weighted by molar-refractivity contribution is 0.0626. The third-order valence-electron chi connectivity index (χ3n) is 7.46. The zero-order chi connectivity index (χ0) is 29.1. The first kappa shape index (κ1) is 27.0. The van der Waals surface area contributed by atoms with E-state index in [1.54, 1.807) is 27.9 Å². The van der Waals surface area contributed by atoms with Crippen molar-refractivity contribution in [3.8, 4) is 11.4 Å². The van der Waals surface area contributed by atoms with Gasteiger partial charge < -0.3 is 14.1 Å². The van der Waals surface area contributed by atoms with Crippen LogP contribution in [0.2, 0.25) is 0 Å². The molecule has 0 saturated carbocycles. The lowest BCUT2D eigenvalue weighted by Gasteiger charge is -2.32. The Balaban J connectivity index is 1.56. The molecule has 1 amide bonds. The van der Waals surface area contributed by atoms with E-state index in [2.05, 4.69) is 0 Å². The van der Waals surface area contributed by atoms with Crippen LogP contribution in [0.1, 0.15) is 48.3 Å². The highest BCUT2D eigenvalue weighted by molar-refractivity contribution is 6.07. The molecular formula is C35H31N3O4. The summed E-state index contributed by atoms with van der Waals surface area (Å²) >= 11 is 0. The van der Waals surface area contributed by atoms with Crippen molar-refractivity contribution >= 4 is 27.6 Å². The lowest BCUT2D eigenvalue weighted by atomic mass is 10.0. The van der Waals surface area contributed by atoms with E-state index in [0.29, 0.717) is 52.5 Å². The number of hydrogen-bond acceptors (Lipinski definition) is 5. The Morgan fingerprint density at radius 1 is 0.881 bits per heavy atom. The van der Waals surface area contributed by atoms with Crippen LogP contribution in [0.25, 0.3) is 27.4 Å². The summed E-state index contributed by atoms with van der Waals surface area (Å²) in [5.74, 6) is 1.65. The van der Waals surface area contributed by atoms with E-state index in [9.17, 15) is 9.59 Å². The van der Waals surface area contributed by atoms with Gasteiger partial charge in [-0.15, -0.1) is 0 Å². The van der Waals surface area contributed by atoms with Crippen molar-refractivity contribution < 1.29 is 13.9 Å². The molecular weight excluding hydrogens is 526 g/mol. The van der Waals surface area contributed by atoms with E-state index < -0.39 is 6.04 Å². The number of hydrogen-bond donors (Lipinski definition) is 0. The number of para-hydroxylation sites is 1. The van der Waals surface area contributed by atoms with Gasteiger partial charge in [-0.1, -0.05) is 55.5 Å². The molecule has 6 aromatic rings. The summed E-state index contributed by atoms with van der Waals surface area (Å²) in [5, 5.41) is 2.34. The minimum Gasteiger partial charge on any atom is -0.494 e. The van der Waals surface area contributed by atoms with Crippen molar-refractivity contribution in [1.29, 1.82) is 0 Å². The van der Waals surface area contributed by atoms with E-state index >= 15 is 0 Å². The zero-order valence-electron chi connectivity index (χ0n) is 23.6. The molecule has 0 bridgehead atoms. The summed E-state index contributed by atoms with van der Waals surface area (Å²) in [6.45, 7) is 4.67. The third-order valence-corrected chi connectivity index (χ3v) is 7.46. The Kier molecular flexibility index (Phi) is 7.56. The summed E-state index contributed by atoms with van der Waals surface area (Å²) in [5.41, 5.74) is 1.60. The molecule has 0 N–H and O–H groups in total. The van der Waals surface area contributed by atoms with Crippen molar-refractivity contribution in [1.82, 2.24) is 14.5 Å². The maximum absolute atomic E-state index is 14.5. The van der Waals surface area contributed by atoms with Crippen LogP contribution in [0.15, 0.2) is 119 Å². The van der Waals surface area contributed by atoms with Gasteiger partial charge in [-0.05, 0) is 78.7 Å². The first-order valence-corrected chi connectivity index (χ1v) is 14.1. The fourth-order valence-corrected chi connectivity index (χ4v) is 5.48. The molecule has 2 aromatic heterocycles. The summed E-state index contributed by atoms with van der Waals surface area (Å²) in [6.07, 6.45) is 2.11. The van der Waals surface area contributed by atoms with E-state index in [4.69, 9.17) is 14.1 Å². The van der Waals surface area contributed by atoms with Crippen LogP contribution >= 0.6 is 0 Å². The SMILES string of the molecule is CCOc1ccc(-n2c(C(CC)N(Cc3ccco3)C(=O)c3cccc4ccccc34)nc3ccccc3c2=O)cc1. The van der Waals surface area contributed by atoms with Gasteiger partial charge in [0.15, 0.2) is 0 Å². The van der Waals surface area contributed by atoms with Gasteiger partial charge in [-0.25, -0.2) is 4.98 Å². The molecule has 4 aromatic carbocycles. The minimum absolute atomic E-state index is 0.171. The molecule has 42 heavy (non-hydrogen) atoms. The molecule has 0 aliphatic carbocycles. The van der Waals surface area contributed by atoms with E-state index in [1.807, 2.05) is 105 Å². The van der Waals surface area contributed by atoms with Crippen molar-refractivity contribution in [2.75, 3.05) is 6.61 Å². The van der Waals surface area contributed by atoms with Gasteiger partial charge in [0, 0.05) is 5.56 Å². The molecule has 7 nitrogen and oxygen atoms in total. The van der Waals surface area contributed by atoms with Gasteiger partial charge in [0.1, 0.15) is 17.3 Å². The molecule has 210 valence electrons. The van der Waals surface area contributed by atoms with Crippen molar-refractivity contribution in [3.05, 3.63) is 137 Å². The van der Waals surface area contributed by atoms with Crippen LogP contribution < -0.4 is 10.3 Å². The number of fused-ring (bicyclic) bond motifs is 2. The lowest BCUT2D eigenvalue weighted by Crippen LogP contribution is -2.38. The Hall–Kier alpha value is -5.17. The first-order valence-electron chi connectivity index (χ1n) is 14.1. The predicted molar refractivity (Wildman–Crippen MR) is 164 cm³/mol. The van der Waals surface area contributed by atoms with Gasteiger partial charge in [0.25, 0.3) is 11.5 Å². The topological polar surface area (TPSA) is 77.6 Å². The summed E-state index contributed by atoms with van der Waals surface area (Å²) < 4.78 is 13.0. The average Bonchev–Trinajstić information content (AvgIpc) is 3.55. The van der Waals surface area contributed by atoms with Gasteiger partial charge in [0.05, 0.1) is 42.0 Å². The van der Waals surface area contributed by atoms with Gasteiger partial charge in [-0.2, -0.15) is 0 Å². The van der Waals surface area contributed by atoms with Crippen LogP contribution in [-0.4, -0.2) is 27.0 Å². The van der Waals surface area contributed by atoms with Crippen LogP contribution in [0.5, 0.6) is 5.75 Å². The third kappa shape index (κ3) is 5.05. The quantitative estimate of drug-likeness (QED) is 0.186. The number of amides is 1. The molecule has 2 heterocycles. The molecule has 0 saturated heterocycles. The molecule has 0 aliphatic rings. The Bertz CT molecular complexity index is 1900. The number of furan rings is 1. The normalized spacial score (nSPS) is 12.0. The van der Waals surface area contributed by atoms with Crippen molar-refractivity contribution in [2.45, 2.75) is 32.9 Å². The maximum atomic E-state index is 14.5. The second-order valence-electron chi connectivity index (χ2n) is 10.0. The highest BCUT2D eigenvalue weighted by atomic mass is 16.5. The molecule has 1 unspecified atom stereocenters. The summed E-state index contributed by atoms with van der Waals surface area (Å²) in [4.78, 5) is 35.4. The van der Waals surface area contributed by atoms with Crippen LogP contribution in [0.3, 0.4) is 0 Å². The fraction of sp³-hybridized carbons (Fsp3) is 0.171. The largest absolute Gasteiger partial charge is 0.494 e. The van der Waals surface area contributed by atoms with Gasteiger partial charge in [-0.3, -0.25) is 14.2 Å². The van der Waals surface area contributed by atoms with Crippen molar-refractivity contribution in [2.24, 2.45) is 0 Å². The number of carbonyl (C=O) groups is 1. The van der Waals surface area contributed by atoms with E-state index in [-0.39, 0.29) is 18.0 Å². The highest BCUT2D eigenvalue weighted by Gasteiger charge is 2.31.